The molecule has 1 aromatic carbocycles. The molecule has 2 rings (SSSR count). The zero-order valence-corrected chi connectivity index (χ0v) is 9.16. The summed E-state index contributed by atoms with van der Waals surface area (Å²) in [5.74, 6) is 0. The van der Waals surface area contributed by atoms with Gasteiger partial charge in [-0.2, -0.15) is 5.10 Å². The maximum Gasteiger partial charge on any atom is 0.106 e. The Balaban J connectivity index is 2.88. The van der Waals surface area contributed by atoms with Crippen LogP contribution in [0.4, 0.5) is 0 Å². The van der Waals surface area contributed by atoms with E-state index in [1.54, 1.807) is 0 Å². The molecule has 1 heterocycles. The number of rotatable bonds is 0. The Morgan fingerprint density at radius 2 is 2.17 bits per heavy atom. The number of aryl methyl sites for hydroxylation is 2. The normalized spacial score (nSPS) is 10.9. The van der Waals surface area contributed by atoms with E-state index in [1.807, 2.05) is 11.7 Å². The number of aromatic nitrogens is 2. The van der Waals surface area contributed by atoms with E-state index in [0.29, 0.717) is 0 Å². The molecule has 2 aromatic rings. The Labute approximate surface area is 84.7 Å². The van der Waals surface area contributed by atoms with Crippen LogP contribution in [-0.4, -0.2) is 9.78 Å². The van der Waals surface area contributed by atoms with Crippen molar-refractivity contribution in [3.63, 3.8) is 0 Å². The van der Waals surface area contributed by atoms with E-state index in [2.05, 4.69) is 52.8 Å². The molecule has 1 aromatic heterocycles. The van der Waals surface area contributed by atoms with Crippen LogP contribution in [0.25, 0.3) is 10.9 Å². The molecule has 0 bridgehead atoms. The highest BCUT2D eigenvalue weighted by atomic mass is 127. The third-order valence-corrected chi connectivity index (χ3v) is 3.20. The van der Waals surface area contributed by atoms with Crippen LogP contribution >= 0.6 is 22.6 Å². The van der Waals surface area contributed by atoms with E-state index in [0.717, 1.165) is 5.52 Å². The molecule has 0 amide bonds. The lowest BCUT2D eigenvalue weighted by molar-refractivity contribution is 0.759. The fourth-order valence-electron chi connectivity index (χ4n) is 1.28. The summed E-state index contributed by atoms with van der Waals surface area (Å²) in [5, 5.41) is 5.61. The second kappa shape index (κ2) is 2.73. The molecule has 0 aliphatic carbocycles. The lowest BCUT2D eigenvalue weighted by atomic mass is 10.2. The summed E-state index contributed by atoms with van der Waals surface area (Å²) in [4.78, 5) is 0. The van der Waals surface area contributed by atoms with Crippen LogP contribution in [0.15, 0.2) is 18.2 Å². The van der Waals surface area contributed by atoms with Gasteiger partial charge < -0.3 is 0 Å². The van der Waals surface area contributed by atoms with E-state index < -0.39 is 0 Å². The van der Waals surface area contributed by atoms with Crippen molar-refractivity contribution < 1.29 is 0 Å². The number of benzene rings is 1. The van der Waals surface area contributed by atoms with E-state index >= 15 is 0 Å². The fraction of sp³-hybridized carbons (Fsp3) is 0.222. The Morgan fingerprint density at radius 3 is 2.92 bits per heavy atom. The van der Waals surface area contributed by atoms with Gasteiger partial charge >= 0.3 is 0 Å². The van der Waals surface area contributed by atoms with Crippen molar-refractivity contribution >= 4 is 33.5 Å². The van der Waals surface area contributed by atoms with Gasteiger partial charge in [0.05, 0.1) is 5.52 Å². The van der Waals surface area contributed by atoms with Gasteiger partial charge in [0.2, 0.25) is 0 Å². The molecule has 0 saturated heterocycles. The van der Waals surface area contributed by atoms with Crippen LogP contribution in [0.1, 0.15) is 5.56 Å². The molecule has 0 radical (unpaired) electrons. The number of halogens is 1. The minimum atomic E-state index is 1.08. The summed E-state index contributed by atoms with van der Waals surface area (Å²) < 4.78 is 3.11. The van der Waals surface area contributed by atoms with Crippen LogP contribution in [0.3, 0.4) is 0 Å². The lowest BCUT2D eigenvalue weighted by Gasteiger charge is -1.91. The predicted molar refractivity (Wildman–Crippen MR) is 58.2 cm³/mol. The molecule has 0 spiro atoms. The van der Waals surface area contributed by atoms with Crippen molar-refractivity contribution in [3.8, 4) is 0 Å². The predicted octanol–water partition coefficient (Wildman–Crippen LogP) is 2.49. The minimum absolute atomic E-state index is 1.08. The summed E-state index contributed by atoms with van der Waals surface area (Å²) in [7, 11) is 1.97. The molecular formula is C9H9IN2. The van der Waals surface area contributed by atoms with Crippen LogP contribution in [0, 0.1) is 10.6 Å². The first-order chi connectivity index (χ1) is 5.68. The zero-order chi connectivity index (χ0) is 8.72. The van der Waals surface area contributed by atoms with Gasteiger partial charge in [-0.05, 0) is 41.6 Å². The highest BCUT2D eigenvalue weighted by Crippen LogP contribution is 2.20. The summed E-state index contributed by atoms with van der Waals surface area (Å²) in [6.45, 7) is 2.10. The topological polar surface area (TPSA) is 17.8 Å². The Kier molecular flexibility index (Phi) is 1.83. The van der Waals surface area contributed by atoms with Crippen LogP contribution < -0.4 is 0 Å². The van der Waals surface area contributed by atoms with Gasteiger partial charge in [0.25, 0.3) is 0 Å². The molecule has 3 heteroatoms. The van der Waals surface area contributed by atoms with Crippen molar-refractivity contribution in [2.45, 2.75) is 6.92 Å². The van der Waals surface area contributed by atoms with Crippen molar-refractivity contribution in [1.29, 1.82) is 0 Å². The van der Waals surface area contributed by atoms with Gasteiger partial charge in [0, 0.05) is 12.4 Å². The van der Waals surface area contributed by atoms with Gasteiger partial charge in [-0.15, -0.1) is 0 Å². The van der Waals surface area contributed by atoms with Gasteiger partial charge in [-0.1, -0.05) is 11.6 Å². The van der Waals surface area contributed by atoms with Crippen molar-refractivity contribution in [3.05, 3.63) is 27.5 Å². The number of nitrogens with zero attached hydrogens (tertiary/aromatic N) is 2. The van der Waals surface area contributed by atoms with Crippen molar-refractivity contribution in [2.75, 3.05) is 0 Å². The first kappa shape index (κ1) is 8.04. The maximum absolute atomic E-state index is 4.36. The number of hydrogen-bond donors (Lipinski definition) is 0. The highest BCUT2D eigenvalue weighted by Gasteiger charge is 2.04. The molecule has 0 atom stereocenters. The SMILES string of the molecule is Cc1ccc2nn(C)c(I)c2c1. The molecule has 0 fully saturated rings. The molecule has 0 saturated carbocycles. The molecule has 0 aliphatic rings. The van der Waals surface area contributed by atoms with Crippen molar-refractivity contribution in [2.24, 2.45) is 7.05 Å². The van der Waals surface area contributed by atoms with Crippen LogP contribution in [-0.2, 0) is 7.05 Å². The number of hydrogen-bond acceptors (Lipinski definition) is 1. The zero-order valence-electron chi connectivity index (χ0n) is 7.00. The Bertz CT molecular complexity index is 431. The highest BCUT2D eigenvalue weighted by molar-refractivity contribution is 14.1. The first-order valence-corrected chi connectivity index (χ1v) is 4.85. The van der Waals surface area contributed by atoms with E-state index in [-0.39, 0.29) is 0 Å². The molecule has 0 aliphatic heterocycles. The largest absolute Gasteiger partial charge is 0.261 e. The summed E-state index contributed by atoms with van der Waals surface area (Å²) >= 11 is 2.31. The second-order valence-electron chi connectivity index (χ2n) is 2.94. The van der Waals surface area contributed by atoms with Crippen molar-refractivity contribution in [1.82, 2.24) is 9.78 Å². The van der Waals surface area contributed by atoms with Gasteiger partial charge in [0.1, 0.15) is 3.70 Å². The second-order valence-corrected chi connectivity index (χ2v) is 3.96. The summed E-state index contributed by atoms with van der Waals surface area (Å²) in [5.41, 5.74) is 2.36. The molecule has 12 heavy (non-hydrogen) atoms. The van der Waals surface area contributed by atoms with Gasteiger partial charge in [-0.25, -0.2) is 0 Å². The smallest absolute Gasteiger partial charge is 0.106 e. The molecule has 0 unspecified atom stereocenters. The van der Waals surface area contributed by atoms with Crippen LogP contribution in [0.2, 0.25) is 0 Å². The first-order valence-electron chi connectivity index (χ1n) is 3.77. The maximum atomic E-state index is 4.36. The quantitative estimate of drug-likeness (QED) is 0.674. The van der Waals surface area contributed by atoms with E-state index in [1.165, 1.54) is 14.7 Å². The Hall–Kier alpha value is -0.580. The van der Waals surface area contributed by atoms with E-state index in [9.17, 15) is 0 Å². The number of fused-ring (bicyclic) bond motifs is 1. The molecule has 62 valence electrons. The molecule has 2 nitrogen and oxygen atoms in total. The average molecular weight is 272 g/mol. The average Bonchev–Trinajstić information content (AvgIpc) is 2.31. The van der Waals surface area contributed by atoms with Gasteiger partial charge in [0.15, 0.2) is 0 Å². The minimum Gasteiger partial charge on any atom is -0.261 e. The Morgan fingerprint density at radius 1 is 1.42 bits per heavy atom. The molecule has 0 N–H and O–H groups in total. The monoisotopic (exact) mass is 272 g/mol. The third-order valence-electron chi connectivity index (χ3n) is 1.92. The standard InChI is InChI=1S/C9H9IN2/c1-6-3-4-8-7(5-6)9(10)12(2)11-8/h3-5H,1-2H3. The third kappa shape index (κ3) is 1.12. The summed E-state index contributed by atoms with van der Waals surface area (Å²) in [6, 6.07) is 6.32. The van der Waals surface area contributed by atoms with Gasteiger partial charge in [-0.3, -0.25) is 4.68 Å². The molecular weight excluding hydrogens is 263 g/mol. The summed E-state index contributed by atoms with van der Waals surface area (Å²) in [6.07, 6.45) is 0. The lowest BCUT2D eigenvalue weighted by Crippen LogP contribution is -1.91. The van der Waals surface area contributed by atoms with E-state index in [4.69, 9.17) is 0 Å². The van der Waals surface area contributed by atoms with Crippen LogP contribution in [0.5, 0.6) is 0 Å². The fourth-order valence-corrected chi connectivity index (χ4v) is 1.82.